The first-order valence-corrected chi connectivity index (χ1v) is 8.03. The van der Waals surface area contributed by atoms with Gasteiger partial charge in [-0.25, -0.2) is 0 Å². The molecule has 0 saturated heterocycles. The standard InChI is InChI=1S/C18H25N3O2/c1-5-16(18(22)19-14-9-7-6-8-10-14)21(4)12-15-11-17(13(2)3)23-20-15/h6-11,13,16H,5,12H2,1-4H3,(H,19,22)/t16-/m0/s1. The number of hydrogen-bond donors (Lipinski definition) is 1. The van der Waals surface area contributed by atoms with E-state index in [0.29, 0.717) is 12.5 Å². The molecule has 1 heterocycles. The van der Waals surface area contributed by atoms with E-state index in [1.54, 1.807) is 0 Å². The molecule has 0 aliphatic heterocycles. The van der Waals surface area contributed by atoms with Gasteiger partial charge in [-0.2, -0.15) is 0 Å². The fraction of sp³-hybridized carbons (Fsp3) is 0.444. The van der Waals surface area contributed by atoms with Crippen LogP contribution in [-0.4, -0.2) is 29.1 Å². The molecule has 23 heavy (non-hydrogen) atoms. The van der Waals surface area contributed by atoms with Crippen LogP contribution < -0.4 is 5.32 Å². The molecular formula is C18H25N3O2. The lowest BCUT2D eigenvalue weighted by molar-refractivity contribution is -0.121. The molecule has 1 atom stereocenters. The van der Waals surface area contributed by atoms with Crippen molar-refractivity contribution in [3.05, 3.63) is 47.9 Å². The predicted molar refractivity (Wildman–Crippen MR) is 91.2 cm³/mol. The van der Waals surface area contributed by atoms with Crippen molar-refractivity contribution in [2.45, 2.75) is 45.7 Å². The Balaban J connectivity index is 1.99. The van der Waals surface area contributed by atoms with E-state index in [-0.39, 0.29) is 11.9 Å². The zero-order valence-electron chi connectivity index (χ0n) is 14.2. The number of carbonyl (C=O) groups is 1. The number of para-hydroxylation sites is 1. The molecule has 5 nitrogen and oxygen atoms in total. The topological polar surface area (TPSA) is 58.4 Å². The molecule has 0 radical (unpaired) electrons. The van der Waals surface area contributed by atoms with Crippen LogP contribution in [0, 0.1) is 0 Å². The third kappa shape index (κ3) is 4.66. The molecule has 0 unspecified atom stereocenters. The molecule has 124 valence electrons. The average Bonchev–Trinajstić information content (AvgIpc) is 2.97. The Hall–Kier alpha value is -2.14. The maximum atomic E-state index is 12.5. The van der Waals surface area contributed by atoms with Crippen LogP contribution >= 0.6 is 0 Å². The summed E-state index contributed by atoms with van der Waals surface area (Å²) in [6, 6.07) is 11.3. The molecule has 2 aromatic rings. The lowest BCUT2D eigenvalue weighted by Crippen LogP contribution is -2.41. The quantitative estimate of drug-likeness (QED) is 0.847. The van der Waals surface area contributed by atoms with Gasteiger partial charge in [-0.3, -0.25) is 9.69 Å². The molecule has 0 spiro atoms. The number of nitrogens with one attached hydrogen (secondary N) is 1. The van der Waals surface area contributed by atoms with Gasteiger partial charge in [-0.1, -0.05) is 44.1 Å². The van der Waals surface area contributed by atoms with Crippen LogP contribution in [0.3, 0.4) is 0 Å². The summed E-state index contributed by atoms with van der Waals surface area (Å²) in [6.45, 7) is 6.72. The minimum absolute atomic E-state index is 0.00576. The lowest BCUT2D eigenvalue weighted by atomic mass is 10.1. The maximum absolute atomic E-state index is 12.5. The van der Waals surface area contributed by atoms with Crippen LogP contribution in [0.2, 0.25) is 0 Å². The Morgan fingerprint density at radius 1 is 1.30 bits per heavy atom. The van der Waals surface area contributed by atoms with Crippen LogP contribution in [0.15, 0.2) is 40.9 Å². The number of anilines is 1. The lowest BCUT2D eigenvalue weighted by Gasteiger charge is -2.25. The van der Waals surface area contributed by atoms with Gasteiger partial charge >= 0.3 is 0 Å². The molecule has 1 N–H and O–H groups in total. The van der Waals surface area contributed by atoms with Crippen LogP contribution in [0.1, 0.15) is 44.6 Å². The summed E-state index contributed by atoms with van der Waals surface area (Å²) in [4.78, 5) is 14.5. The average molecular weight is 315 g/mol. The number of carbonyl (C=O) groups excluding carboxylic acids is 1. The van der Waals surface area contributed by atoms with E-state index in [0.717, 1.165) is 23.6 Å². The van der Waals surface area contributed by atoms with E-state index in [2.05, 4.69) is 24.3 Å². The minimum Gasteiger partial charge on any atom is -0.361 e. The molecule has 2 rings (SSSR count). The van der Waals surface area contributed by atoms with Gasteiger partial charge in [0.1, 0.15) is 5.76 Å². The Morgan fingerprint density at radius 2 is 2.00 bits per heavy atom. The summed E-state index contributed by atoms with van der Waals surface area (Å²) >= 11 is 0. The summed E-state index contributed by atoms with van der Waals surface area (Å²) in [5, 5.41) is 7.05. The number of likely N-dealkylation sites (N-methyl/N-ethyl adjacent to an activating group) is 1. The number of amides is 1. The van der Waals surface area contributed by atoms with Crippen molar-refractivity contribution in [2.24, 2.45) is 0 Å². The summed E-state index contributed by atoms with van der Waals surface area (Å²) < 4.78 is 5.32. The van der Waals surface area contributed by atoms with E-state index >= 15 is 0 Å². The molecule has 0 aliphatic carbocycles. The SMILES string of the molecule is CC[C@@H](C(=O)Nc1ccccc1)N(C)Cc1cc(C(C)C)on1. The second kappa shape index (κ2) is 7.92. The van der Waals surface area contributed by atoms with Gasteiger partial charge in [0.15, 0.2) is 0 Å². The molecule has 5 heteroatoms. The summed E-state index contributed by atoms with van der Waals surface area (Å²) in [5.41, 5.74) is 1.66. The molecule has 1 aromatic carbocycles. The molecule has 0 aliphatic rings. The van der Waals surface area contributed by atoms with Crippen LogP contribution in [-0.2, 0) is 11.3 Å². The van der Waals surface area contributed by atoms with Crippen molar-refractivity contribution in [3.8, 4) is 0 Å². The van der Waals surface area contributed by atoms with Crippen LogP contribution in [0.25, 0.3) is 0 Å². The van der Waals surface area contributed by atoms with Crippen molar-refractivity contribution in [2.75, 3.05) is 12.4 Å². The third-order valence-corrected chi connectivity index (χ3v) is 3.82. The normalized spacial score (nSPS) is 12.6. The highest BCUT2D eigenvalue weighted by Gasteiger charge is 2.22. The summed E-state index contributed by atoms with van der Waals surface area (Å²) in [5.74, 6) is 1.17. The van der Waals surface area contributed by atoms with Gasteiger partial charge in [-0.15, -0.1) is 0 Å². The second-order valence-corrected chi connectivity index (χ2v) is 6.07. The molecular weight excluding hydrogens is 290 g/mol. The smallest absolute Gasteiger partial charge is 0.241 e. The van der Waals surface area contributed by atoms with Gasteiger partial charge in [0.2, 0.25) is 5.91 Å². The highest BCUT2D eigenvalue weighted by atomic mass is 16.5. The minimum atomic E-state index is -0.214. The maximum Gasteiger partial charge on any atom is 0.241 e. The van der Waals surface area contributed by atoms with Crippen molar-refractivity contribution in [1.29, 1.82) is 0 Å². The summed E-state index contributed by atoms with van der Waals surface area (Å²) in [7, 11) is 1.93. The first kappa shape index (κ1) is 17.2. The summed E-state index contributed by atoms with van der Waals surface area (Å²) in [6.07, 6.45) is 0.726. The van der Waals surface area contributed by atoms with Gasteiger partial charge in [0.05, 0.1) is 11.7 Å². The fourth-order valence-electron chi connectivity index (χ4n) is 2.48. The van der Waals surface area contributed by atoms with Gasteiger partial charge < -0.3 is 9.84 Å². The first-order valence-electron chi connectivity index (χ1n) is 8.03. The van der Waals surface area contributed by atoms with E-state index < -0.39 is 0 Å². The predicted octanol–water partition coefficient (Wildman–Crippen LogP) is 3.65. The number of hydrogen-bond acceptors (Lipinski definition) is 4. The number of rotatable bonds is 7. The number of nitrogens with zero attached hydrogens (tertiary/aromatic N) is 2. The fourth-order valence-corrected chi connectivity index (χ4v) is 2.48. The first-order chi connectivity index (χ1) is 11.0. The molecule has 0 bridgehead atoms. The number of benzene rings is 1. The molecule has 0 fully saturated rings. The van der Waals surface area contributed by atoms with Crippen molar-refractivity contribution in [1.82, 2.24) is 10.1 Å². The van der Waals surface area contributed by atoms with Crippen molar-refractivity contribution < 1.29 is 9.32 Å². The largest absolute Gasteiger partial charge is 0.361 e. The van der Waals surface area contributed by atoms with Crippen molar-refractivity contribution in [3.63, 3.8) is 0 Å². The Bertz CT molecular complexity index is 622. The Labute approximate surface area is 137 Å². The Morgan fingerprint density at radius 3 is 2.57 bits per heavy atom. The molecule has 1 amide bonds. The van der Waals surface area contributed by atoms with Gasteiger partial charge in [-0.05, 0) is 25.6 Å². The van der Waals surface area contributed by atoms with E-state index in [1.165, 1.54) is 0 Å². The zero-order valence-corrected chi connectivity index (χ0v) is 14.2. The van der Waals surface area contributed by atoms with E-state index in [4.69, 9.17) is 4.52 Å². The van der Waals surface area contributed by atoms with Crippen LogP contribution in [0.4, 0.5) is 5.69 Å². The highest BCUT2D eigenvalue weighted by molar-refractivity contribution is 5.94. The second-order valence-electron chi connectivity index (χ2n) is 6.07. The molecule has 0 saturated carbocycles. The zero-order chi connectivity index (χ0) is 16.8. The monoisotopic (exact) mass is 315 g/mol. The van der Waals surface area contributed by atoms with E-state index in [9.17, 15) is 4.79 Å². The third-order valence-electron chi connectivity index (χ3n) is 3.82. The molecule has 1 aromatic heterocycles. The van der Waals surface area contributed by atoms with Crippen LogP contribution in [0.5, 0.6) is 0 Å². The number of aromatic nitrogens is 1. The van der Waals surface area contributed by atoms with Gasteiger partial charge in [0, 0.05) is 24.2 Å². The van der Waals surface area contributed by atoms with Gasteiger partial charge in [0.25, 0.3) is 0 Å². The van der Waals surface area contributed by atoms with Crippen molar-refractivity contribution >= 4 is 11.6 Å². The Kier molecular flexibility index (Phi) is 5.93. The highest BCUT2D eigenvalue weighted by Crippen LogP contribution is 2.17. The van der Waals surface area contributed by atoms with E-state index in [1.807, 2.05) is 55.3 Å².